The molecule has 1 atom stereocenters. The highest BCUT2D eigenvalue weighted by atomic mass is 32.2. The summed E-state index contributed by atoms with van der Waals surface area (Å²) in [6.07, 6.45) is 11.7. The molecule has 1 N–H and O–H groups in total. The zero-order chi connectivity index (χ0) is 20.4. The molecule has 1 heterocycles. The van der Waals surface area contributed by atoms with Gasteiger partial charge in [0.15, 0.2) is 6.61 Å². The van der Waals surface area contributed by atoms with Crippen LogP contribution in [0.25, 0.3) is 0 Å². The summed E-state index contributed by atoms with van der Waals surface area (Å²) in [7, 11) is 0. The van der Waals surface area contributed by atoms with Gasteiger partial charge in [-0.1, -0.05) is 57.2 Å². The van der Waals surface area contributed by atoms with Gasteiger partial charge in [-0.25, -0.2) is 0 Å². The molecule has 0 aromatic heterocycles. The van der Waals surface area contributed by atoms with E-state index < -0.39 is 0 Å². The molecule has 154 valence electrons. The van der Waals surface area contributed by atoms with Crippen molar-refractivity contribution in [3.05, 3.63) is 36.1 Å². The first-order valence-corrected chi connectivity index (χ1v) is 12.0. The Bertz CT molecular complexity index is 688. The molecule has 6 heteroatoms. The number of hydrogen-bond donors (Lipinski definition) is 1. The van der Waals surface area contributed by atoms with Crippen LogP contribution in [0.15, 0.2) is 41.0 Å². The van der Waals surface area contributed by atoms with Crippen LogP contribution in [-0.4, -0.2) is 28.6 Å². The van der Waals surface area contributed by atoms with Gasteiger partial charge in [-0.3, -0.25) is 9.59 Å². The third-order valence-electron chi connectivity index (χ3n) is 4.84. The van der Waals surface area contributed by atoms with Crippen molar-refractivity contribution in [2.75, 3.05) is 18.2 Å². The van der Waals surface area contributed by atoms with Gasteiger partial charge in [-0.05, 0) is 43.9 Å². The highest BCUT2D eigenvalue weighted by Crippen LogP contribution is 2.44. The van der Waals surface area contributed by atoms with Crippen LogP contribution in [0.2, 0.25) is 0 Å². The Morgan fingerprint density at radius 2 is 1.82 bits per heavy atom. The molecule has 0 aliphatic carbocycles. The molecule has 0 spiro atoms. The number of anilines is 1. The molecule has 0 saturated heterocycles. The van der Waals surface area contributed by atoms with E-state index in [9.17, 15) is 9.59 Å². The molecule has 4 nitrogen and oxygen atoms in total. The summed E-state index contributed by atoms with van der Waals surface area (Å²) in [4.78, 5) is 25.3. The van der Waals surface area contributed by atoms with E-state index in [2.05, 4.69) is 12.2 Å². The lowest BCUT2D eigenvalue weighted by Crippen LogP contribution is -2.26. The smallest absolute Gasteiger partial charge is 0.262 e. The number of hydrogen-bond acceptors (Lipinski definition) is 5. The molecule has 2 rings (SSSR count). The minimum atomic E-state index is -0.359. The minimum absolute atomic E-state index is 0.0107. The van der Waals surface area contributed by atoms with E-state index >= 15 is 0 Å². The van der Waals surface area contributed by atoms with Crippen LogP contribution in [0, 0.1) is 0 Å². The number of thioether (sulfide) groups is 2. The number of unbranched alkanes of at least 4 members (excludes halogenated alkanes) is 5. The van der Waals surface area contributed by atoms with Gasteiger partial charge in [0.25, 0.3) is 5.91 Å². The SMILES string of the molecule is CCCCCCCCC1(C)SC(=O)C=C1OCC(=O)Nc1ccc(SC)cc1. The molecule has 0 radical (unpaired) electrons. The average molecular weight is 422 g/mol. The minimum Gasteiger partial charge on any atom is -0.486 e. The average Bonchev–Trinajstić information content (AvgIpc) is 2.97. The third kappa shape index (κ3) is 7.21. The molecule has 0 bridgehead atoms. The van der Waals surface area contributed by atoms with E-state index in [0.717, 1.165) is 23.4 Å². The molecular weight excluding hydrogens is 390 g/mol. The Hall–Kier alpha value is -1.40. The van der Waals surface area contributed by atoms with Crippen LogP contribution in [0.1, 0.15) is 58.8 Å². The van der Waals surface area contributed by atoms with Crippen molar-refractivity contribution in [3.8, 4) is 0 Å². The zero-order valence-corrected chi connectivity index (χ0v) is 18.7. The second-order valence-electron chi connectivity index (χ2n) is 7.24. The summed E-state index contributed by atoms with van der Waals surface area (Å²) in [6.45, 7) is 4.17. The number of carbonyl (C=O) groups excluding carboxylic acids is 2. The Labute approximate surface area is 177 Å². The molecule has 0 fully saturated rings. The summed E-state index contributed by atoms with van der Waals surface area (Å²) in [5.74, 6) is 0.410. The Morgan fingerprint density at radius 1 is 1.14 bits per heavy atom. The van der Waals surface area contributed by atoms with E-state index in [1.54, 1.807) is 17.8 Å². The van der Waals surface area contributed by atoms with Gasteiger partial charge in [-0.15, -0.1) is 11.8 Å². The van der Waals surface area contributed by atoms with E-state index in [1.807, 2.05) is 37.4 Å². The Kier molecular flexibility index (Phi) is 9.45. The number of benzene rings is 1. The highest BCUT2D eigenvalue weighted by Gasteiger charge is 2.39. The second kappa shape index (κ2) is 11.6. The topological polar surface area (TPSA) is 55.4 Å². The monoisotopic (exact) mass is 421 g/mol. The van der Waals surface area contributed by atoms with Crippen molar-refractivity contribution in [1.29, 1.82) is 0 Å². The summed E-state index contributed by atoms with van der Waals surface area (Å²) in [5.41, 5.74) is 0.743. The Morgan fingerprint density at radius 3 is 2.50 bits per heavy atom. The molecule has 1 aromatic carbocycles. The molecule has 1 aliphatic heterocycles. The first-order chi connectivity index (χ1) is 13.5. The lowest BCUT2D eigenvalue weighted by atomic mass is 9.99. The molecule has 1 amide bonds. The first kappa shape index (κ1) is 22.9. The number of ether oxygens (including phenoxy) is 1. The lowest BCUT2D eigenvalue weighted by Gasteiger charge is -2.26. The van der Waals surface area contributed by atoms with E-state index in [-0.39, 0.29) is 22.4 Å². The van der Waals surface area contributed by atoms with Gasteiger partial charge in [0.05, 0.1) is 4.75 Å². The molecular formula is C22H31NO3S2. The predicted octanol–water partition coefficient (Wildman–Crippen LogP) is 6.03. The summed E-state index contributed by atoms with van der Waals surface area (Å²) in [5, 5.41) is 2.85. The van der Waals surface area contributed by atoms with Crippen LogP contribution in [0.3, 0.4) is 0 Å². The number of nitrogens with one attached hydrogen (secondary N) is 1. The maximum absolute atomic E-state index is 12.2. The Balaban J connectivity index is 1.80. The van der Waals surface area contributed by atoms with Crippen LogP contribution < -0.4 is 5.32 Å². The van der Waals surface area contributed by atoms with Crippen molar-refractivity contribution in [2.24, 2.45) is 0 Å². The molecule has 28 heavy (non-hydrogen) atoms. The van der Waals surface area contributed by atoms with Crippen molar-refractivity contribution in [2.45, 2.75) is 68.4 Å². The van der Waals surface area contributed by atoms with E-state index in [1.165, 1.54) is 43.9 Å². The molecule has 1 aromatic rings. The van der Waals surface area contributed by atoms with Crippen LogP contribution in [0.5, 0.6) is 0 Å². The summed E-state index contributed by atoms with van der Waals surface area (Å²) in [6, 6.07) is 7.68. The van der Waals surface area contributed by atoms with Crippen molar-refractivity contribution < 1.29 is 14.3 Å². The quantitative estimate of drug-likeness (QED) is 0.330. The maximum Gasteiger partial charge on any atom is 0.262 e. The van der Waals surface area contributed by atoms with Gasteiger partial charge in [-0.2, -0.15) is 0 Å². The van der Waals surface area contributed by atoms with Crippen molar-refractivity contribution >= 4 is 40.2 Å². The highest BCUT2D eigenvalue weighted by molar-refractivity contribution is 8.15. The van der Waals surface area contributed by atoms with Gasteiger partial charge in [0.2, 0.25) is 5.12 Å². The summed E-state index contributed by atoms with van der Waals surface area (Å²) >= 11 is 2.97. The van der Waals surface area contributed by atoms with Gasteiger partial charge >= 0.3 is 0 Å². The maximum atomic E-state index is 12.2. The number of amides is 1. The zero-order valence-electron chi connectivity index (χ0n) is 17.1. The van der Waals surface area contributed by atoms with Crippen molar-refractivity contribution in [3.63, 3.8) is 0 Å². The fraction of sp³-hybridized carbons (Fsp3) is 0.545. The van der Waals surface area contributed by atoms with Gasteiger partial charge < -0.3 is 10.1 Å². The standard InChI is InChI=1S/C22H31NO3S2/c1-4-5-6-7-8-9-14-22(2)19(15-21(25)28-22)26-16-20(24)23-17-10-12-18(27-3)13-11-17/h10-13,15H,4-9,14,16H2,1-3H3,(H,23,24). The van der Waals surface area contributed by atoms with Gasteiger partial charge in [0, 0.05) is 16.7 Å². The molecule has 1 aliphatic rings. The first-order valence-electron chi connectivity index (χ1n) is 9.98. The number of rotatable bonds is 12. The predicted molar refractivity (Wildman–Crippen MR) is 120 cm³/mol. The van der Waals surface area contributed by atoms with Crippen LogP contribution >= 0.6 is 23.5 Å². The number of carbonyl (C=O) groups is 2. The molecule has 0 saturated carbocycles. The van der Waals surface area contributed by atoms with Crippen LogP contribution in [0.4, 0.5) is 5.69 Å². The second-order valence-corrected chi connectivity index (χ2v) is 9.63. The lowest BCUT2D eigenvalue weighted by molar-refractivity contribution is -0.119. The normalized spacial score (nSPS) is 18.8. The van der Waals surface area contributed by atoms with Crippen molar-refractivity contribution in [1.82, 2.24) is 0 Å². The largest absolute Gasteiger partial charge is 0.486 e. The third-order valence-corrected chi connectivity index (χ3v) is 6.75. The summed E-state index contributed by atoms with van der Waals surface area (Å²) < 4.78 is 5.41. The van der Waals surface area contributed by atoms with Crippen LogP contribution in [-0.2, 0) is 14.3 Å². The van der Waals surface area contributed by atoms with E-state index in [4.69, 9.17) is 4.74 Å². The fourth-order valence-corrected chi connectivity index (χ4v) is 4.67. The molecule has 1 unspecified atom stereocenters. The van der Waals surface area contributed by atoms with Gasteiger partial charge in [0.1, 0.15) is 5.76 Å². The fourth-order valence-electron chi connectivity index (χ4n) is 3.19. The van der Waals surface area contributed by atoms with E-state index in [0.29, 0.717) is 5.76 Å².